The standard InChI is InChI=1S/C23H26F5N7O/c1-12-20(13(2)33-32-12)15-8-30-35(9-15)22(4-5-29)10-34(11-22)19-7-17(24)16(6-18(19)25)21(36)31-14(3)23(26,27)28/h6-9,12-14,20,32-33H,4,10-11H2,1-3H3,(H,31,36)/t12?,13?,14-,20?/m0/s1. The van der Waals surface area contributed by atoms with Gasteiger partial charge in [-0.15, -0.1) is 0 Å². The smallest absolute Gasteiger partial charge is 0.364 e. The SMILES string of the molecule is CC1NNC(C)C1c1cnn(C2(CC#N)CN(c3cc(F)c(C(=O)N[C@@H](C)C(F)(F)F)cc3F)C2)c1. The van der Waals surface area contributed by atoms with Gasteiger partial charge < -0.3 is 10.2 Å². The van der Waals surface area contributed by atoms with Crippen molar-refractivity contribution in [3.63, 3.8) is 0 Å². The largest absolute Gasteiger partial charge is 0.408 e. The average molecular weight is 511 g/mol. The van der Waals surface area contributed by atoms with Crippen molar-refractivity contribution in [2.24, 2.45) is 0 Å². The van der Waals surface area contributed by atoms with E-state index in [1.165, 1.54) is 4.90 Å². The molecule has 1 amide bonds. The Bertz CT molecular complexity index is 1170. The number of carbonyl (C=O) groups is 1. The molecule has 0 bridgehead atoms. The predicted octanol–water partition coefficient (Wildman–Crippen LogP) is 2.94. The maximum absolute atomic E-state index is 14.9. The zero-order valence-electron chi connectivity index (χ0n) is 19.8. The highest BCUT2D eigenvalue weighted by molar-refractivity contribution is 5.95. The van der Waals surface area contributed by atoms with Gasteiger partial charge in [0.15, 0.2) is 0 Å². The summed E-state index contributed by atoms with van der Waals surface area (Å²) in [6, 6.07) is 1.60. The molecule has 194 valence electrons. The maximum Gasteiger partial charge on any atom is 0.408 e. The monoisotopic (exact) mass is 511 g/mol. The molecule has 2 fully saturated rings. The van der Waals surface area contributed by atoms with Gasteiger partial charge in [-0.2, -0.15) is 23.5 Å². The molecule has 2 aliphatic heterocycles. The summed E-state index contributed by atoms with van der Waals surface area (Å²) in [5.74, 6) is -3.33. The van der Waals surface area contributed by atoms with Crippen LogP contribution < -0.4 is 21.1 Å². The van der Waals surface area contributed by atoms with Crippen molar-refractivity contribution >= 4 is 11.6 Å². The van der Waals surface area contributed by atoms with Crippen LogP contribution in [0, 0.1) is 23.0 Å². The fourth-order valence-corrected chi connectivity index (χ4v) is 4.85. The summed E-state index contributed by atoms with van der Waals surface area (Å²) < 4.78 is 69.3. The van der Waals surface area contributed by atoms with Gasteiger partial charge in [0.1, 0.15) is 23.2 Å². The van der Waals surface area contributed by atoms with Gasteiger partial charge >= 0.3 is 6.18 Å². The zero-order chi connectivity index (χ0) is 26.4. The number of hydrogen-bond acceptors (Lipinski definition) is 6. The van der Waals surface area contributed by atoms with Gasteiger partial charge in [0.2, 0.25) is 0 Å². The minimum Gasteiger partial charge on any atom is -0.364 e. The number of aromatic nitrogens is 2. The topological polar surface area (TPSA) is 98.0 Å². The third-order valence-corrected chi connectivity index (χ3v) is 6.93. The predicted molar refractivity (Wildman–Crippen MR) is 120 cm³/mol. The number of carbonyl (C=O) groups excluding carboxylic acids is 1. The number of rotatable bonds is 6. The molecule has 2 saturated heterocycles. The van der Waals surface area contributed by atoms with E-state index in [2.05, 4.69) is 22.0 Å². The van der Waals surface area contributed by atoms with E-state index in [0.717, 1.165) is 11.6 Å². The van der Waals surface area contributed by atoms with Crippen molar-refractivity contribution in [2.45, 2.75) is 63.0 Å². The normalized spacial score (nSPS) is 24.2. The number of nitriles is 1. The van der Waals surface area contributed by atoms with E-state index in [0.29, 0.717) is 13.0 Å². The molecular formula is C23H26F5N7O. The molecule has 4 rings (SSSR count). The van der Waals surface area contributed by atoms with Crippen LogP contribution in [-0.4, -0.2) is 53.1 Å². The van der Waals surface area contributed by atoms with Crippen LogP contribution in [0.25, 0.3) is 0 Å². The van der Waals surface area contributed by atoms with Crippen LogP contribution in [0.5, 0.6) is 0 Å². The molecule has 3 heterocycles. The summed E-state index contributed by atoms with van der Waals surface area (Å²) in [5.41, 5.74) is 5.60. The van der Waals surface area contributed by atoms with E-state index in [1.807, 2.05) is 20.0 Å². The first-order chi connectivity index (χ1) is 16.9. The van der Waals surface area contributed by atoms with E-state index < -0.39 is 40.9 Å². The van der Waals surface area contributed by atoms with Crippen LogP contribution in [0.1, 0.15) is 49.0 Å². The summed E-state index contributed by atoms with van der Waals surface area (Å²) in [7, 11) is 0. The Kier molecular flexibility index (Phi) is 6.70. The number of benzene rings is 1. The summed E-state index contributed by atoms with van der Waals surface area (Å²) >= 11 is 0. The summed E-state index contributed by atoms with van der Waals surface area (Å²) in [4.78, 5) is 13.6. The van der Waals surface area contributed by atoms with Gasteiger partial charge in [0.25, 0.3) is 5.91 Å². The van der Waals surface area contributed by atoms with Gasteiger partial charge in [0, 0.05) is 43.4 Å². The Morgan fingerprint density at radius 3 is 2.47 bits per heavy atom. The third-order valence-electron chi connectivity index (χ3n) is 6.93. The maximum atomic E-state index is 14.9. The van der Waals surface area contributed by atoms with Crippen molar-refractivity contribution in [1.82, 2.24) is 25.9 Å². The first kappa shape index (κ1) is 25.8. The Balaban J connectivity index is 1.52. The minimum atomic E-state index is -4.72. The Morgan fingerprint density at radius 2 is 1.89 bits per heavy atom. The quantitative estimate of drug-likeness (QED) is 0.516. The van der Waals surface area contributed by atoms with Gasteiger partial charge in [-0.25, -0.2) is 8.78 Å². The molecule has 0 aliphatic carbocycles. The van der Waals surface area contributed by atoms with Crippen molar-refractivity contribution in [2.75, 3.05) is 18.0 Å². The molecule has 0 saturated carbocycles. The molecule has 36 heavy (non-hydrogen) atoms. The fraction of sp³-hybridized carbons (Fsp3) is 0.522. The fourth-order valence-electron chi connectivity index (χ4n) is 4.85. The average Bonchev–Trinajstić information content (AvgIpc) is 3.37. The molecule has 0 spiro atoms. The molecule has 1 aromatic heterocycles. The highest BCUT2D eigenvalue weighted by atomic mass is 19.4. The van der Waals surface area contributed by atoms with Gasteiger partial charge in [-0.3, -0.25) is 20.3 Å². The van der Waals surface area contributed by atoms with Crippen LogP contribution in [0.2, 0.25) is 0 Å². The molecular weight excluding hydrogens is 485 g/mol. The number of halogens is 5. The first-order valence-electron chi connectivity index (χ1n) is 11.4. The van der Waals surface area contributed by atoms with Crippen LogP contribution in [0.3, 0.4) is 0 Å². The number of hydrazine groups is 1. The van der Waals surface area contributed by atoms with Crippen molar-refractivity contribution in [3.05, 3.63) is 47.3 Å². The van der Waals surface area contributed by atoms with Crippen molar-refractivity contribution in [3.8, 4) is 6.07 Å². The molecule has 2 unspecified atom stereocenters. The second kappa shape index (κ2) is 9.33. The summed E-state index contributed by atoms with van der Waals surface area (Å²) in [6.45, 7) is 5.10. The summed E-state index contributed by atoms with van der Waals surface area (Å²) in [5, 5.41) is 15.5. The lowest BCUT2D eigenvalue weighted by Gasteiger charge is -2.50. The van der Waals surface area contributed by atoms with E-state index in [1.54, 1.807) is 16.2 Å². The molecule has 3 N–H and O–H groups in total. The first-order valence-corrected chi connectivity index (χ1v) is 11.4. The Morgan fingerprint density at radius 1 is 1.25 bits per heavy atom. The minimum absolute atomic E-state index is 0.0802. The number of amides is 1. The zero-order valence-corrected chi connectivity index (χ0v) is 19.8. The molecule has 1 aromatic carbocycles. The molecule has 2 aliphatic rings. The van der Waals surface area contributed by atoms with E-state index >= 15 is 0 Å². The van der Waals surface area contributed by atoms with E-state index in [-0.39, 0.29) is 43.2 Å². The second-order valence-corrected chi connectivity index (χ2v) is 9.55. The molecule has 0 radical (unpaired) electrons. The number of hydrogen-bond donors (Lipinski definition) is 3. The molecule has 3 atom stereocenters. The number of alkyl halides is 3. The molecule has 2 aromatic rings. The number of nitrogens with zero attached hydrogens (tertiary/aromatic N) is 4. The lowest BCUT2D eigenvalue weighted by atomic mass is 9.85. The molecule has 13 heteroatoms. The highest BCUT2D eigenvalue weighted by Crippen LogP contribution is 2.39. The van der Waals surface area contributed by atoms with Crippen LogP contribution in [-0.2, 0) is 5.54 Å². The van der Waals surface area contributed by atoms with Crippen molar-refractivity contribution < 1.29 is 26.7 Å². The van der Waals surface area contributed by atoms with Gasteiger partial charge in [0.05, 0.1) is 29.9 Å². The van der Waals surface area contributed by atoms with E-state index in [4.69, 9.17) is 0 Å². The van der Waals surface area contributed by atoms with Gasteiger partial charge in [-0.1, -0.05) is 0 Å². The second-order valence-electron chi connectivity index (χ2n) is 9.55. The number of nitrogens with one attached hydrogen (secondary N) is 3. The molecule has 8 nitrogen and oxygen atoms in total. The highest BCUT2D eigenvalue weighted by Gasteiger charge is 2.47. The van der Waals surface area contributed by atoms with Crippen LogP contribution in [0.4, 0.5) is 27.6 Å². The van der Waals surface area contributed by atoms with Crippen molar-refractivity contribution in [1.29, 1.82) is 5.26 Å². The Hall–Kier alpha value is -3.24. The lowest BCUT2D eigenvalue weighted by molar-refractivity contribution is -0.149. The van der Waals surface area contributed by atoms with Crippen LogP contribution >= 0.6 is 0 Å². The van der Waals surface area contributed by atoms with Crippen LogP contribution in [0.15, 0.2) is 24.5 Å². The Labute approximate surface area is 204 Å². The summed E-state index contributed by atoms with van der Waals surface area (Å²) in [6.07, 6.45) is -1.03. The van der Waals surface area contributed by atoms with E-state index in [9.17, 15) is 32.0 Å². The number of anilines is 1. The lowest BCUT2D eigenvalue weighted by Crippen LogP contribution is -2.63. The third kappa shape index (κ3) is 4.62. The van der Waals surface area contributed by atoms with Gasteiger partial charge in [-0.05, 0) is 32.4 Å².